The topological polar surface area (TPSA) is 46.5 Å². The van der Waals surface area contributed by atoms with Crippen LogP contribution in [0.5, 0.6) is 0 Å². The molecule has 0 saturated carbocycles. The average molecular weight is 250 g/mol. The van der Waals surface area contributed by atoms with Crippen LogP contribution in [0, 0.1) is 0 Å². The molecule has 1 N–H and O–H groups in total. The Hall–Kier alpha value is -1.35. The van der Waals surface area contributed by atoms with E-state index in [1.54, 1.807) is 12.1 Å². The van der Waals surface area contributed by atoms with Crippen LogP contribution in [-0.4, -0.2) is 24.3 Å². The molecule has 1 aromatic rings. The summed E-state index contributed by atoms with van der Waals surface area (Å²) in [5.41, 5.74) is 1.51. The zero-order chi connectivity index (χ0) is 13.2. The van der Waals surface area contributed by atoms with Gasteiger partial charge >= 0.3 is 5.97 Å². The number of unbranched alkanes of at least 4 members (excludes halogenated alkanes) is 2. The highest BCUT2D eigenvalue weighted by atomic mass is 16.5. The van der Waals surface area contributed by atoms with Crippen LogP contribution in [0.25, 0.3) is 0 Å². The van der Waals surface area contributed by atoms with Gasteiger partial charge in [0.2, 0.25) is 0 Å². The summed E-state index contributed by atoms with van der Waals surface area (Å²) in [4.78, 5) is 10.7. The fourth-order valence-corrected chi connectivity index (χ4v) is 1.75. The number of ether oxygens (including phenoxy) is 1. The van der Waals surface area contributed by atoms with E-state index in [4.69, 9.17) is 9.84 Å². The minimum absolute atomic E-state index is 0.342. The van der Waals surface area contributed by atoms with Crippen LogP contribution in [0.3, 0.4) is 0 Å². The van der Waals surface area contributed by atoms with Gasteiger partial charge in [-0.25, -0.2) is 4.79 Å². The van der Waals surface area contributed by atoms with Gasteiger partial charge in [0.1, 0.15) is 0 Å². The molecule has 0 atom stereocenters. The Kier molecular flexibility index (Phi) is 7.11. The Balaban J connectivity index is 2.14. The summed E-state index contributed by atoms with van der Waals surface area (Å²) >= 11 is 0. The van der Waals surface area contributed by atoms with Crippen LogP contribution in [0.15, 0.2) is 24.3 Å². The molecule has 0 fully saturated rings. The maximum Gasteiger partial charge on any atom is 0.335 e. The zero-order valence-electron chi connectivity index (χ0n) is 11.0. The molecule has 3 nitrogen and oxygen atoms in total. The van der Waals surface area contributed by atoms with Crippen LogP contribution in [0.1, 0.15) is 48.5 Å². The highest BCUT2D eigenvalue weighted by Gasteiger charge is 2.01. The van der Waals surface area contributed by atoms with E-state index in [2.05, 4.69) is 6.92 Å². The zero-order valence-corrected chi connectivity index (χ0v) is 11.0. The molecule has 0 unspecified atom stereocenters. The first-order valence-electron chi connectivity index (χ1n) is 6.64. The van der Waals surface area contributed by atoms with Crippen molar-refractivity contribution in [1.29, 1.82) is 0 Å². The Morgan fingerprint density at radius 2 is 1.78 bits per heavy atom. The molecule has 0 aliphatic carbocycles. The summed E-state index contributed by atoms with van der Waals surface area (Å²) in [5.74, 6) is -0.874. The summed E-state index contributed by atoms with van der Waals surface area (Å²) < 4.78 is 5.53. The van der Waals surface area contributed by atoms with Gasteiger partial charge in [-0.05, 0) is 37.0 Å². The van der Waals surface area contributed by atoms with Gasteiger partial charge in [-0.2, -0.15) is 0 Å². The molecule has 0 aliphatic rings. The van der Waals surface area contributed by atoms with Gasteiger partial charge in [0.05, 0.1) is 5.56 Å². The first-order valence-corrected chi connectivity index (χ1v) is 6.64. The van der Waals surface area contributed by atoms with Gasteiger partial charge < -0.3 is 9.84 Å². The van der Waals surface area contributed by atoms with E-state index in [0.29, 0.717) is 5.56 Å². The van der Waals surface area contributed by atoms with Crippen molar-refractivity contribution in [3.05, 3.63) is 35.4 Å². The van der Waals surface area contributed by atoms with Gasteiger partial charge in [0.15, 0.2) is 0 Å². The van der Waals surface area contributed by atoms with Crippen LogP contribution in [-0.2, 0) is 11.2 Å². The van der Waals surface area contributed by atoms with E-state index in [1.165, 1.54) is 12.8 Å². The molecule has 1 aromatic carbocycles. The van der Waals surface area contributed by atoms with Crippen molar-refractivity contribution in [3.63, 3.8) is 0 Å². The number of benzene rings is 1. The monoisotopic (exact) mass is 250 g/mol. The van der Waals surface area contributed by atoms with Crippen molar-refractivity contribution < 1.29 is 14.6 Å². The summed E-state index contributed by atoms with van der Waals surface area (Å²) in [6.07, 6.45) is 5.52. The van der Waals surface area contributed by atoms with Crippen LogP contribution < -0.4 is 0 Å². The van der Waals surface area contributed by atoms with Crippen molar-refractivity contribution >= 4 is 5.97 Å². The third-order valence-corrected chi connectivity index (χ3v) is 2.85. The second kappa shape index (κ2) is 8.70. The quantitative estimate of drug-likeness (QED) is 0.682. The first-order chi connectivity index (χ1) is 8.74. The lowest BCUT2D eigenvalue weighted by Crippen LogP contribution is -1.99. The van der Waals surface area contributed by atoms with E-state index in [1.807, 2.05) is 12.1 Å². The number of aryl methyl sites for hydroxylation is 1. The van der Waals surface area contributed by atoms with Crippen molar-refractivity contribution in [2.45, 2.75) is 39.0 Å². The lowest BCUT2D eigenvalue weighted by Gasteiger charge is -2.04. The van der Waals surface area contributed by atoms with Crippen molar-refractivity contribution in [2.75, 3.05) is 13.2 Å². The van der Waals surface area contributed by atoms with Crippen LogP contribution in [0.4, 0.5) is 0 Å². The summed E-state index contributed by atoms with van der Waals surface area (Å²) in [6, 6.07) is 7.06. The second-order valence-electron chi connectivity index (χ2n) is 4.43. The average Bonchev–Trinajstić information content (AvgIpc) is 2.38. The highest BCUT2D eigenvalue weighted by Crippen LogP contribution is 2.07. The Morgan fingerprint density at radius 1 is 1.11 bits per heavy atom. The third kappa shape index (κ3) is 5.82. The molecule has 0 aromatic heterocycles. The third-order valence-electron chi connectivity index (χ3n) is 2.85. The molecule has 3 heteroatoms. The van der Waals surface area contributed by atoms with Crippen LogP contribution >= 0.6 is 0 Å². The molecule has 1 rings (SSSR count). The molecule has 0 amide bonds. The second-order valence-corrected chi connectivity index (χ2v) is 4.43. The SMILES string of the molecule is CCCCCOCCCc1ccc(C(=O)O)cc1. The van der Waals surface area contributed by atoms with E-state index in [0.717, 1.165) is 38.0 Å². The molecule has 0 radical (unpaired) electrons. The predicted octanol–water partition coefficient (Wildman–Crippen LogP) is 3.52. The minimum Gasteiger partial charge on any atom is -0.478 e. The summed E-state index contributed by atoms with van der Waals surface area (Å²) in [7, 11) is 0. The fraction of sp³-hybridized carbons (Fsp3) is 0.533. The van der Waals surface area contributed by atoms with E-state index >= 15 is 0 Å². The van der Waals surface area contributed by atoms with Crippen molar-refractivity contribution in [2.24, 2.45) is 0 Å². The lowest BCUT2D eigenvalue weighted by molar-refractivity contribution is 0.0697. The summed E-state index contributed by atoms with van der Waals surface area (Å²) in [5, 5.41) is 8.77. The molecular weight excluding hydrogens is 228 g/mol. The van der Waals surface area contributed by atoms with Gasteiger partial charge in [-0.1, -0.05) is 31.9 Å². The molecule has 0 aliphatic heterocycles. The molecule has 0 saturated heterocycles. The first kappa shape index (κ1) is 14.7. The fourth-order valence-electron chi connectivity index (χ4n) is 1.75. The van der Waals surface area contributed by atoms with E-state index in [9.17, 15) is 4.79 Å². The number of rotatable bonds is 9. The number of hydrogen-bond acceptors (Lipinski definition) is 2. The largest absolute Gasteiger partial charge is 0.478 e. The normalized spacial score (nSPS) is 10.5. The Labute approximate surface area is 109 Å². The van der Waals surface area contributed by atoms with Gasteiger partial charge in [0, 0.05) is 13.2 Å². The number of carboxylic acids is 1. The summed E-state index contributed by atoms with van der Waals surface area (Å²) in [6.45, 7) is 3.82. The van der Waals surface area contributed by atoms with Gasteiger partial charge in [0.25, 0.3) is 0 Å². The molecule has 0 bridgehead atoms. The van der Waals surface area contributed by atoms with Crippen molar-refractivity contribution in [1.82, 2.24) is 0 Å². The Morgan fingerprint density at radius 3 is 2.39 bits per heavy atom. The van der Waals surface area contributed by atoms with Crippen LogP contribution in [0.2, 0.25) is 0 Å². The standard InChI is InChI=1S/C15H22O3/c1-2-3-4-11-18-12-5-6-13-7-9-14(10-8-13)15(16)17/h7-10H,2-6,11-12H2,1H3,(H,16,17). The maximum atomic E-state index is 10.7. The molecule has 100 valence electrons. The number of aromatic carboxylic acids is 1. The minimum atomic E-state index is -0.874. The predicted molar refractivity (Wildman–Crippen MR) is 72.1 cm³/mol. The number of carbonyl (C=O) groups is 1. The van der Waals surface area contributed by atoms with E-state index < -0.39 is 5.97 Å². The van der Waals surface area contributed by atoms with Gasteiger partial charge in [-0.3, -0.25) is 0 Å². The number of carboxylic acid groups (broad SMARTS) is 1. The molecular formula is C15H22O3. The van der Waals surface area contributed by atoms with Gasteiger partial charge in [-0.15, -0.1) is 0 Å². The van der Waals surface area contributed by atoms with Crippen molar-refractivity contribution in [3.8, 4) is 0 Å². The van der Waals surface area contributed by atoms with E-state index in [-0.39, 0.29) is 0 Å². The maximum absolute atomic E-state index is 10.7. The molecule has 18 heavy (non-hydrogen) atoms. The highest BCUT2D eigenvalue weighted by molar-refractivity contribution is 5.87. The molecule has 0 spiro atoms. The lowest BCUT2D eigenvalue weighted by atomic mass is 10.1. The Bertz CT molecular complexity index is 343. The molecule has 0 heterocycles. The smallest absolute Gasteiger partial charge is 0.335 e. The number of hydrogen-bond donors (Lipinski definition) is 1.